The molecule has 0 bridgehead atoms. The quantitative estimate of drug-likeness (QED) is 0.302. The van der Waals surface area contributed by atoms with Crippen LogP contribution in [0.5, 0.6) is 0 Å². The van der Waals surface area contributed by atoms with E-state index in [1.54, 1.807) is 0 Å². The fraction of sp³-hybridized carbons (Fsp3) is 0. The molecule has 10 heavy (non-hydrogen) atoms. The third-order valence-electron chi connectivity index (χ3n) is 0. The van der Waals surface area contributed by atoms with Gasteiger partial charge < -0.3 is 24.0 Å². The maximum atomic E-state index is 8.77. The molecular formula is H2ClNa2O6P. The Balaban J connectivity index is -0.0000000326. The second-order valence-electron chi connectivity index (χ2n) is 0.554. The average molecular weight is 210 g/mol. The molecule has 0 atom stereocenters. The van der Waals surface area contributed by atoms with Crippen molar-refractivity contribution in [2.45, 2.75) is 0 Å². The normalized spacial score (nSPS) is 7.70. The van der Waals surface area contributed by atoms with E-state index in [0.717, 1.165) is 0 Å². The van der Waals surface area contributed by atoms with E-state index >= 15 is 0 Å². The molecular weight excluding hydrogens is 208 g/mol. The van der Waals surface area contributed by atoms with Crippen molar-refractivity contribution in [2.75, 3.05) is 0 Å². The van der Waals surface area contributed by atoms with Gasteiger partial charge >= 0.3 is 59.1 Å². The fourth-order valence-corrected chi connectivity index (χ4v) is 0. The molecule has 52 valence electrons. The van der Waals surface area contributed by atoms with Crippen LogP contribution in [-0.2, 0) is 4.57 Å². The number of hydrogen-bond acceptors (Lipinski definition) is 4. The summed E-state index contributed by atoms with van der Waals surface area (Å²) in [5.41, 5.74) is 0. The summed E-state index contributed by atoms with van der Waals surface area (Å²) in [6.07, 6.45) is 0. The van der Waals surface area contributed by atoms with Crippen LogP contribution in [0.3, 0.4) is 0 Å². The Kier molecular flexibility index (Phi) is 31.7. The summed E-state index contributed by atoms with van der Waals surface area (Å²) < 4.78 is 25.2. The first-order valence-corrected chi connectivity index (χ1v) is 3.22. The monoisotopic (exact) mass is 210 g/mol. The van der Waals surface area contributed by atoms with Crippen molar-refractivity contribution < 1.29 is 99.0 Å². The summed E-state index contributed by atoms with van der Waals surface area (Å²) in [5, 5.41) is 0. The van der Waals surface area contributed by atoms with Crippen LogP contribution in [0.25, 0.3) is 0 Å². The van der Waals surface area contributed by atoms with Gasteiger partial charge in [-0.05, 0) is 0 Å². The first kappa shape index (κ1) is 22.8. The molecule has 0 rings (SSSR count). The van der Waals surface area contributed by atoms with Crippen LogP contribution >= 0.6 is 7.82 Å². The van der Waals surface area contributed by atoms with Gasteiger partial charge in [-0.2, -0.15) is 0 Å². The predicted molar refractivity (Wildman–Crippen MR) is 12.0 cm³/mol. The second-order valence-corrected chi connectivity index (χ2v) is 1.66. The predicted octanol–water partition coefficient (Wildman–Crippen LogP) is -9.93. The summed E-state index contributed by atoms with van der Waals surface area (Å²) in [6, 6.07) is 0. The van der Waals surface area contributed by atoms with E-state index in [2.05, 4.69) is 0 Å². The van der Waals surface area contributed by atoms with Gasteiger partial charge in [0.2, 0.25) is 0 Å². The Hall–Kier alpha value is 2.32. The molecule has 0 saturated heterocycles. The van der Waals surface area contributed by atoms with Crippen molar-refractivity contribution in [3.63, 3.8) is 0 Å². The Morgan fingerprint density at radius 2 is 1.20 bits per heavy atom. The summed E-state index contributed by atoms with van der Waals surface area (Å²) in [7, 11) is -4.89. The molecule has 0 aromatic heterocycles. The molecule has 0 radical (unpaired) electrons. The molecule has 0 amide bonds. The zero-order valence-corrected chi connectivity index (χ0v) is 11.0. The van der Waals surface area contributed by atoms with E-state index in [-0.39, 0.29) is 59.1 Å². The molecule has 2 N–H and O–H groups in total. The summed E-state index contributed by atoms with van der Waals surface area (Å²) in [4.78, 5) is 22.9. The van der Waals surface area contributed by atoms with Gasteiger partial charge in [-0.25, -0.2) is 0 Å². The van der Waals surface area contributed by atoms with Crippen LogP contribution in [0.4, 0.5) is 0 Å². The smallest absolute Gasteiger partial charge is 0.756 e. The van der Waals surface area contributed by atoms with Crippen LogP contribution in [0, 0.1) is 11.3 Å². The molecule has 0 saturated carbocycles. The molecule has 0 aliphatic heterocycles. The van der Waals surface area contributed by atoms with Gasteiger partial charge in [0.1, 0.15) is 0 Å². The van der Waals surface area contributed by atoms with Gasteiger partial charge in [0, 0.05) is 0 Å². The van der Waals surface area contributed by atoms with E-state index in [4.69, 9.17) is 28.6 Å². The Morgan fingerprint density at radius 1 is 1.20 bits per heavy atom. The maximum absolute atomic E-state index is 8.77. The van der Waals surface area contributed by atoms with Crippen LogP contribution < -0.4 is 73.3 Å². The first-order chi connectivity index (χ1) is 3.41. The summed E-state index contributed by atoms with van der Waals surface area (Å²) in [6.45, 7) is 0. The van der Waals surface area contributed by atoms with Gasteiger partial charge in [0.15, 0.2) is 0 Å². The zero-order valence-electron chi connectivity index (χ0n) is 5.35. The van der Waals surface area contributed by atoms with E-state index < -0.39 is 19.1 Å². The van der Waals surface area contributed by atoms with Crippen molar-refractivity contribution in [3.05, 3.63) is 0 Å². The van der Waals surface area contributed by atoms with Gasteiger partial charge in [-0.3, -0.25) is 4.57 Å². The summed E-state index contributed by atoms with van der Waals surface area (Å²) in [5.74, 6) is 0. The standard InChI is InChI=1S/ClO2.2Na.H3O4P/c2-1-3;;;1-5(2,3)4/h;;;(H3,1,2,3,4)/q-1;2*+1;/p-1. The van der Waals surface area contributed by atoms with E-state index in [0.29, 0.717) is 0 Å². The van der Waals surface area contributed by atoms with Crippen molar-refractivity contribution >= 4 is 7.82 Å². The van der Waals surface area contributed by atoms with Crippen LogP contribution in [0.2, 0.25) is 0 Å². The Labute approximate surface area is 106 Å². The second kappa shape index (κ2) is 13.9. The summed E-state index contributed by atoms with van der Waals surface area (Å²) >= 11 is -0.417. The van der Waals surface area contributed by atoms with E-state index in [9.17, 15) is 0 Å². The third-order valence-corrected chi connectivity index (χ3v) is 0. The van der Waals surface area contributed by atoms with Crippen molar-refractivity contribution in [2.24, 2.45) is 0 Å². The van der Waals surface area contributed by atoms with E-state index in [1.165, 1.54) is 0 Å². The zero-order chi connectivity index (χ0) is 7.21. The molecule has 0 aromatic rings. The minimum absolute atomic E-state index is 0. The molecule has 0 spiro atoms. The van der Waals surface area contributed by atoms with Gasteiger partial charge in [0.25, 0.3) is 7.82 Å². The Morgan fingerprint density at radius 3 is 1.20 bits per heavy atom. The van der Waals surface area contributed by atoms with Crippen LogP contribution in [0.15, 0.2) is 0 Å². The van der Waals surface area contributed by atoms with Crippen molar-refractivity contribution in [3.8, 4) is 0 Å². The van der Waals surface area contributed by atoms with Crippen molar-refractivity contribution in [1.82, 2.24) is 0 Å². The molecule has 0 aromatic carbocycles. The molecule has 0 aliphatic carbocycles. The number of rotatable bonds is 0. The van der Waals surface area contributed by atoms with Gasteiger partial charge in [0.05, 0.1) is 11.3 Å². The number of hydrogen-bond donors (Lipinski definition) is 2. The first-order valence-electron chi connectivity index (χ1n) is 1.07. The molecule has 0 heterocycles. The average Bonchev–Trinajstić information content (AvgIpc) is 1.27. The fourth-order valence-electron chi connectivity index (χ4n) is 0. The third kappa shape index (κ3) is 167. The number of halogens is 1. The molecule has 6 nitrogen and oxygen atoms in total. The minimum atomic E-state index is -4.89. The van der Waals surface area contributed by atoms with Crippen LogP contribution in [0.1, 0.15) is 0 Å². The van der Waals surface area contributed by atoms with Gasteiger partial charge in [-0.1, -0.05) is 0 Å². The van der Waals surface area contributed by atoms with Crippen molar-refractivity contribution in [1.29, 1.82) is 0 Å². The minimum Gasteiger partial charge on any atom is -0.756 e. The maximum Gasteiger partial charge on any atom is 1.00 e. The molecule has 0 aliphatic rings. The molecule has 0 unspecified atom stereocenters. The SMILES string of the molecule is O=P([O-])(O)O.[Na+].[Na+].[O-][Cl+][O-]. The van der Waals surface area contributed by atoms with E-state index in [1.807, 2.05) is 0 Å². The largest absolute Gasteiger partial charge is 1.00 e. The molecule has 10 heteroatoms. The van der Waals surface area contributed by atoms with Crippen LogP contribution in [-0.4, -0.2) is 9.79 Å². The Bertz CT molecular complexity index is 71.6. The topological polar surface area (TPSA) is 127 Å². The van der Waals surface area contributed by atoms with Gasteiger partial charge in [-0.15, -0.1) is 0 Å². The number of phosphoric acid groups is 1. The molecule has 0 fully saturated rings.